The number of rotatable bonds is 9. The van der Waals surface area contributed by atoms with Gasteiger partial charge in [0.1, 0.15) is 6.61 Å². The van der Waals surface area contributed by atoms with Gasteiger partial charge >= 0.3 is 0 Å². The van der Waals surface area contributed by atoms with Crippen LogP contribution in [0.3, 0.4) is 0 Å². The number of ether oxygens (including phenoxy) is 1. The molecule has 2 aromatic carbocycles. The maximum absolute atomic E-state index is 13.1. The van der Waals surface area contributed by atoms with Gasteiger partial charge in [0.05, 0.1) is 5.92 Å². The highest BCUT2D eigenvalue weighted by Gasteiger charge is 2.21. The van der Waals surface area contributed by atoms with Gasteiger partial charge in [-0.1, -0.05) is 44.2 Å². The van der Waals surface area contributed by atoms with E-state index in [0.717, 1.165) is 27.6 Å². The Labute approximate surface area is 170 Å². The minimum absolute atomic E-state index is 0.0801. The first-order chi connectivity index (χ1) is 14.1. The zero-order valence-electron chi connectivity index (χ0n) is 16.6. The number of pyridine rings is 1. The van der Waals surface area contributed by atoms with E-state index in [2.05, 4.69) is 15.6 Å². The molecule has 1 aromatic heterocycles. The number of benzene rings is 2. The molecule has 29 heavy (non-hydrogen) atoms. The van der Waals surface area contributed by atoms with Crippen LogP contribution < -0.4 is 10.6 Å². The summed E-state index contributed by atoms with van der Waals surface area (Å²) in [5.41, 5.74) is 2.52. The maximum atomic E-state index is 13.1. The smallest absolute Gasteiger partial charge is 0.293 e. The Bertz CT molecular complexity index is 971. The predicted molar refractivity (Wildman–Crippen MR) is 114 cm³/mol. The van der Waals surface area contributed by atoms with Crippen molar-refractivity contribution < 1.29 is 14.3 Å². The van der Waals surface area contributed by atoms with E-state index in [1.165, 1.54) is 0 Å². The topological polar surface area (TPSA) is 80.3 Å². The van der Waals surface area contributed by atoms with E-state index in [1.54, 1.807) is 12.4 Å². The zero-order valence-corrected chi connectivity index (χ0v) is 16.6. The zero-order chi connectivity index (χ0) is 20.6. The number of anilines is 1. The van der Waals surface area contributed by atoms with Gasteiger partial charge in [0.2, 0.25) is 5.91 Å². The van der Waals surface area contributed by atoms with Gasteiger partial charge in [-0.25, -0.2) is 0 Å². The fourth-order valence-electron chi connectivity index (χ4n) is 3.08. The molecule has 1 unspecified atom stereocenters. The number of carbonyl (C=O) groups excluding carboxylic acids is 2. The summed E-state index contributed by atoms with van der Waals surface area (Å²) in [5, 5.41) is 8.43. The van der Waals surface area contributed by atoms with Crippen LogP contribution in [-0.2, 0) is 20.9 Å². The van der Waals surface area contributed by atoms with E-state index in [1.807, 2.05) is 62.4 Å². The van der Waals surface area contributed by atoms with Gasteiger partial charge in [0, 0.05) is 36.1 Å². The molecule has 0 bridgehead atoms. The minimum Gasteiger partial charge on any atom is -0.463 e. The Morgan fingerprint density at radius 1 is 1.10 bits per heavy atom. The Kier molecular flexibility index (Phi) is 6.92. The summed E-state index contributed by atoms with van der Waals surface area (Å²) < 4.78 is 4.78. The molecule has 1 amide bonds. The van der Waals surface area contributed by atoms with Crippen molar-refractivity contribution in [3.05, 3.63) is 72.1 Å². The highest BCUT2D eigenvalue weighted by Crippen LogP contribution is 2.22. The normalized spacial score (nSPS) is 12.0. The molecule has 0 aliphatic carbocycles. The third kappa shape index (κ3) is 5.62. The lowest BCUT2D eigenvalue weighted by molar-refractivity contribution is -0.129. The fraction of sp³-hybridized carbons (Fsp3) is 0.261. The Morgan fingerprint density at radius 2 is 1.90 bits per heavy atom. The summed E-state index contributed by atoms with van der Waals surface area (Å²) in [6, 6.07) is 15.5. The standard InChI is InChI=1S/C23H25N3O3/c1-16(2)25-13-22(18-5-3-17(4-6-18)14-29-15-27)23(28)26-21-8-7-20-12-24-10-9-19(20)11-21/h3-12,15-16,22,25H,13-14H2,1-2H3,(H,26,28). The van der Waals surface area contributed by atoms with E-state index < -0.39 is 0 Å². The summed E-state index contributed by atoms with van der Waals surface area (Å²) >= 11 is 0. The van der Waals surface area contributed by atoms with Crippen LogP contribution >= 0.6 is 0 Å². The molecule has 0 fully saturated rings. The van der Waals surface area contributed by atoms with Gasteiger partial charge in [-0.05, 0) is 34.7 Å². The average Bonchev–Trinajstić information content (AvgIpc) is 2.73. The highest BCUT2D eigenvalue weighted by molar-refractivity contribution is 5.98. The summed E-state index contributed by atoms with van der Waals surface area (Å²) in [5.74, 6) is -0.435. The molecule has 150 valence electrons. The number of aromatic nitrogens is 1. The third-order valence-corrected chi connectivity index (χ3v) is 4.65. The quantitative estimate of drug-likeness (QED) is 0.545. The Morgan fingerprint density at radius 3 is 2.62 bits per heavy atom. The number of hydrogen-bond donors (Lipinski definition) is 2. The molecular weight excluding hydrogens is 366 g/mol. The molecule has 6 nitrogen and oxygen atoms in total. The lowest BCUT2D eigenvalue weighted by Crippen LogP contribution is -2.34. The van der Waals surface area contributed by atoms with Gasteiger partial charge in [0.15, 0.2) is 0 Å². The van der Waals surface area contributed by atoms with Crippen molar-refractivity contribution >= 4 is 28.8 Å². The molecule has 2 N–H and O–H groups in total. The third-order valence-electron chi connectivity index (χ3n) is 4.65. The molecule has 1 heterocycles. The van der Waals surface area contributed by atoms with Crippen molar-refractivity contribution in [3.8, 4) is 0 Å². The van der Waals surface area contributed by atoms with Crippen LogP contribution in [0.4, 0.5) is 5.69 Å². The van der Waals surface area contributed by atoms with Crippen LogP contribution in [0, 0.1) is 0 Å². The van der Waals surface area contributed by atoms with Crippen LogP contribution in [0.5, 0.6) is 0 Å². The Hall–Kier alpha value is -3.25. The number of nitrogens with one attached hydrogen (secondary N) is 2. The van der Waals surface area contributed by atoms with Crippen molar-refractivity contribution in [3.63, 3.8) is 0 Å². The molecule has 0 aliphatic heterocycles. The minimum atomic E-state index is -0.355. The molecular formula is C23H25N3O3. The molecule has 0 spiro atoms. The molecule has 0 saturated heterocycles. The van der Waals surface area contributed by atoms with Crippen LogP contribution in [-0.4, -0.2) is 29.9 Å². The van der Waals surface area contributed by atoms with Gasteiger partial charge in [-0.3, -0.25) is 14.6 Å². The fourth-order valence-corrected chi connectivity index (χ4v) is 3.08. The maximum Gasteiger partial charge on any atom is 0.293 e. The first-order valence-corrected chi connectivity index (χ1v) is 9.59. The predicted octanol–water partition coefficient (Wildman–Crippen LogP) is 3.63. The molecule has 0 saturated carbocycles. The number of fused-ring (bicyclic) bond motifs is 1. The Balaban J connectivity index is 1.78. The van der Waals surface area contributed by atoms with Gasteiger partial charge in [0.25, 0.3) is 6.47 Å². The molecule has 3 aromatic rings. The molecule has 1 atom stereocenters. The lowest BCUT2D eigenvalue weighted by Gasteiger charge is -2.20. The van der Waals surface area contributed by atoms with Gasteiger partial charge < -0.3 is 15.4 Å². The molecule has 6 heteroatoms. The second-order valence-corrected chi connectivity index (χ2v) is 7.19. The van der Waals surface area contributed by atoms with Crippen LogP contribution in [0.2, 0.25) is 0 Å². The molecule has 0 aliphatic rings. The number of amides is 1. The van der Waals surface area contributed by atoms with Crippen molar-refractivity contribution in [1.82, 2.24) is 10.3 Å². The summed E-state index contributed by atoms with van der Waals surface area (Å²) in [7, 11) is 0. The summed E-state index contributed by atoms with van der Waals surface area (Å²) in [6.45, 7) is 5.26. The first kappa shape index (κ1) is 20.5. The van der Waals surface area contributed by atoms with Crippen molar-refractivity contribution in [2.24, 2.45) is 0 Å². The largest absolute Gasteiger partial charge is 0.463 e. The van der Waals surface area contributed by atoms with Crippen LogP contribution in [0.15, 0.2) is 60.9 Å². The van der Waals surface area contributed by atoms with Crippen LogP contribution in [0.1, 0.15) is 30.9 Å². The monoisotopic (exact) mass is 391 g/mol. The summed E-state index contributed by atoms with van der Waals surface area (Å²) in [6.07, 6.45) is 3.53. The number of carbonyl (C=O) groups is 2. The molecule has 3 rings (SSSR count). The van der Waals surface area contributed by atoms with E-state index in [0.29, 0.717) is 13.0 Å². The van der Waals surface area contributed by atoms with E-state index in [-0.39, 0.29) is 24.5 Å². The SMILES string of the molecule is CC(C)NCC(C(=O)Nc1ccc2cnccc2c1)c1ccc(COC=O)cc1. The van der Waals surface area contributed by atoms with Crippen molar-refractivity contribution in [2.75, 3.05) is 11.9 Å². The van der Waals surface area contributed by atoms with E-state index in [4.69, 9.17) is 4.74 Å². The highest BCUT2D eigenvalue weighted by atomic mass is 16.5. The van der Waals surface area contributed by atoms with Crippen LogP contribution in [0.25, 0.3) is 10.8 Å². The first-order valence-electron chi connectivity index (χ1n) is 9.59. The van der Waals surface area contributed by atoms with Crippen molar-refractivity contribution in [2.45, 2.75) is 32.4 Å². The van der Waals surface area contributed by atoms with E-state index in [9.17, 15) is 9.59 Å². The van der Waals surface area contributed by atoms with Gasteiger partial charge in [-0.15, -0.1) is 0 Å². The summed E-state index contributed by atoms with van der Waals surface area (Å²) in [4.78, 5) is 27.6. The van der Waals surface area contributed by atoms with Gasteiger partial charge in [-0.2, -0.15) is 0 Å². The second-order valence-electron chi connectivity index (χ2n) is 7.19. The number of hydrogen-bond acceptors (Lipinski definition) is 5. The lowest BCUT2D eigenvalue weighted by atomic mass is 9.96. The average molecular weight is 391 g/mol. The van der Waals surface area contributed by atoms with Crippen molar-refractivity contribution in [1.29, 1.82) is 0 Å². The second kappa shape index (κ2) is 9.80. The molecule has 0 radical (unpaired) electrons. The van der Waals surface area contributed by atoms with E-state index >= 15 is 0 Å². The number of nitrogens with zero attached hydrogens (tertiary/aromatic N) is 1.